The molecule has 0 saturated heterocycles. The molecule has 6 heteroatoms. The number of phenols is 1. The first-order chi connectivity index (χ1) is 12.9. The predicted octanol–water partition coefficient (Wildman–Crippen LogP) is 3.68. The third kappa shape index (κ3) is 5.15. The molecular formula is C21H25ClN2O3. The number of carbonyl (C=O) groups excluding carboxylic acids is 1. The van der Waals surface area contributed by atoms with Crippen LogP contribution in [0.3, 0.4) is 0 Å². The van der Waals surface area contributed by atoms with Gasteiger partial charge in [-0.2, -0.15) is 0 Å². The number of nitrogens with zero attached hydrogens (tertiary/aromatic N) is 1. The molecule has 144 valence electrons. The van der Waals surface area contributed by atoms with E-state index in [9.17, 15) is 9.90 Å². The second-order valence-corrected chi connectivity index (χ2v) is 7.69. The minimum atomic E-state index is 0.00219. The van der Waals surface area contributed by atoms with Crippen molar-refractivity contribution in [3.8, 4) is 22.6 Å². The first-order valence-electron chi connectivity index (χ1n) is 9.16. The molecule has 2 N–H and O–H groups in total. The van der Waals surface area contributed by atoms with Gasteiger partial charge in [-0.15, -0.1) is 0 Å². The van der Waals surface area contributed by atoms with Crippen molar-refractivity contribution in [2.75, 3.05) is 26.2 Å². The molecule has 2 aromatic carbocycles. The van der Waals surface area contributed by atoms with E-state index in [-0.39, 0.29) is 11.7 Å². The van der Waals surface area contributed by atoms with Gasteiger partial charge in [-0.3, -0.25) is 9.69 Å². The Morgan fingerprint density at radius 2 is 2.11 bits per heavy atom. The molecule has 0 saturated carbocycles. The van der Waals surface area contributed by atoms with Crippen molar-refractivity contribution in [1.29, 1.82) is 0 Å². The zero-order valence-electron chi connectivity index (χ0n) is 15.7. The van der Waals surface area contributed by atoms with Gasteiger partial charge >= 0.3 is 0 Å². The molecule has 0 radical (unpaired) electrons. The summed E-state index contributed by atoms with van der Waals surface area (Å²) in [6, 6.07) is 11.2. The van der Waals surface area contributed by atoms with Crippen molar-refractivity contribution in [3.05, 3.63) is 47.0 Å². The molecule has 0 spiro atoms. The number of amides is 1. The maximum Gasteiger partial charge on any atom is 0.234 e. The van der Waals surface area contributed by atoms with Crippen molar-refractivity contribution in [2.45, 2.75) is 20.4 Å². The Bertz CT molecular complexity index is 823. The van der Waals surface area contributed by atoms with Gasteiger partial charge in [0.25, 0.3) is 0 Å². The molecule has 0 bridgehead atoms. The summed E-state index contributed by atoms with van der Waals surface area (Å²) in [4.78, 5) is 14.2. The van der Waals surface area contributed by atoms with Gasteiger partial charge in [0.15, 0.2) is 11.5 Å². The average molecular weight is 389 g/mol. The van der Waals surface area contributed by atoms with Crippen LogP contribution < -0.4 is 10.1 Å². The lowest BCUT2D eigenvalue weighted by Crippen LogP contribution is -2.39. The number of ether oxygens (including phenoxy) is 1. The van der Waals surface area contributed by atoms with E-state index in [1.807, 2.05) is 35.2 Å². The zero-order chi connectivity index (χ0) is 19.4. The Morgan fingerprint density at radius 1 is 1.30 bits per heavy atom. The molecule has 0 atom stereocenters. The second kappa shape index (κ2) is 8.63. The third-order valence-electron chi connectivity index (χ3n) is 4.43. The summed E-state index contributed by atoms with van der Waals surface area (Å²) in [5, 5.41) is 14.0. The van der Waals surface area contributed by atoms with Crippen molar-refractivity contribution in [3.63, 3.8) is 0 Å². The number of rotatable bonds is 5. The van der Waals surface area contributed by atoms with Crippen LogP contribution in [0.2, 0.25) is 5.02 Å². The van der Waals surface area contributed by atoms with Gasteiger partial charge < -0.3 is 15.2 Å². The fraction of sp³-hybridized carbons (Fsp3) is 0.381. The Kier molecular flexibility index (Phi) is 6.24. The van der Waals surface area contributed by atoms with Gasteiger partial charge in [-0.25, -0.2) is 0 Å². The van der Waals surface area contributed by atoms with Crippen LogP contribution in [0.1, 0.15) is 19.4 Å². The highest BCUT2D eigenvalue weighted by atomic mass is 35.5. The molecule has 0 aliphatic carbocycles. The molecule has 1 aliphatic rings. The molecule has 1 amide bonds. The Hall–Kier alpha value is -2.24. The largest absolute Gasteiger partial charge is 0.504 e. The van der Waals surface area contributed by atoms with E-state index in [1.54, 1.807) is 6.07 Å². The number of benzene rings is 2. The lowest BCUT2D eigenvalue weighted by Gasteiger charge is -2.19. The van der Waals surface area contributed by atoms with Crippen molar-refractivity contribution in [2.24, 2.45) is 5.92 Å². The van der Waals surface area contributed by atoms with Crippen LogP contribution in [0.15, 0.2) is 36.4 Å². The summed E-state index contributed by atoms with van der Waals surface area (Å²) in [7, 11) is 0. The van der Waals surface area contributed by atoms with Crippen molar-refractivity contribution >= 4 is 17.5 Å². The van der Waals surface area contributed by atoms with Gasteiger partial charge in [0.05, 0.1) is 6.54 Å². The predicted molar refractivity (Wildman–Crippen MR) is 107 cm³/mol. The number of fused-ring (bicyclic) bond motifs is 1. The van der Waals surface area contributed by atoms with Crippen molar-refractivity contribution < 1.29 is 14.6 Å². The van der Waals surface area contributed by atoms with Gasteiger partial charge in [-0.05, 0) is 41.3 Å². The van der Waals surface area contributed by atoms with Gasteiger partial charge in [0.2, 0.25) is 5.91 Å². The van der Waals surface area contributed by atoms with Crippen LogP contribution in [0.4, 0.5) is 0 Å². The number of carbonyl (C=O) groups is 1. The molecule has 1 heterocycles. The van der Waals surface area contributed by atoms with E-state index in [2.05, 4.69) is 19.2 Å². The van der Waals surface area contributed by atoms with E-state index < -0.39 is 0 Å². The fourth-order valence-corrected chi connectivity index (χ4v) is 3.29. The SMILES string of the molecule is CC(C)CNC(=O)CN1CCOc2c(O)cc(-c3cccc(Cl)c3)cc2C1. The van der Waals surface area contributed by atoms with Crippen LogP contribution in [-0.4, -0.2) is 42.2 Å². The van der Waals surface area contributed by atoms with Gasteiger partial charge in [0, 0.05) is 30.2 Å². The lowest BCUT2D eigenvalue weighted by atomic mass is 10.0. The minimum Gasteiger partial charge on any atom is -0.504 e. The molecule has 3 rings (SSSR count). The summed E-state index contributed by atoms with van der Waals surface area (Å²) < 4.78 is 5.75. The number of nitrogens with one attached hydrogen (secondary N) is 1. The maximum absolute atomic E-state index is 12.2. The topological polar surface area (TPSA) is 61.8 Å². The van der Waals surface area contributed by atoms with Crippen LogP contribution in [0.25, 0.3) is 11.1 Å². The highest BCUT2D eigenvalue weighted by Gasteiger charge is 2.21. The molecule has 27 heavy (non-hydrogen) atoms. The average Bonchev–Trinajstić information content (AvgIpc) is 2.82. The Balaban J connectivity index is 1.80. The molecule has 2 aromatic rings. The molecule has 0 fully saturated rings. The monoisotopic (exact) mass is 388 g/mol. The highest BCUT2D eigenvalue weighted by molar-refractivity contribution is 6.30. The van der Waals surface area contributed by atoms with Gasteiger partial charge in [0.1, 0.15) is 6.61 Å². The van der Waals surface area contributed by atoms with Crippen LogP contribution >= 0.6 is 11.6 Å². The third-order valence-corrected chi connectivity index (χ3v) is 4.66. The number of hydrogen-bond donors (Lipinski definition) is 2. The van der Waals surface area contributed by atoms with Crippen LogP contribution in [0, 0.1) is 5.92 Å². The summed E-state index contributed by atoms with van der Waals surface area (Å²) >= 11 is 6.10. The molecule has 0 unspecified atom stereocenters. The van der Waals surface area contributed by atoms with E-state index in [4.69, 9.17) is 16.3 Å². The minimum absolute atomic E-state index is 0.00219. The van der Waals surface area contributed by atoms with Crippen LogP contribution in [0.5, 0.6) is 11.5 Å². The second-order valence-electron chi connectivity index (χ2n) is 7.25. The Labute approximate surface area is 164 Å². The highest BCUT2D eigenvalue weighted by Crippen LogP contribution is 2.38. The number of hydrogen-bond acceptors (Lipinski definition) is 4. The fourth-order valence-electron chi connectivity index (χ4n) is 3.10. The van der Waals surface area contributed by atoms with E-state index in [0.29, 0.717) is 49.5 Å². The number of phenolic OH excluding ortho intramolecular Hbond substituents is 1. The standard InChI is InChI=1S/C21H25ClN2O3/c1-14(2)11-23-20(26)13-24-6-7-27-21-17(12-24)8-16(10-19(21)25)15-4-3-5-18(22)9-15/h3-5,8-10,14,25H,6-7,11-13H2,1-2H3,(H,23,26). The summed E-state index contributed by atoms with van der Waals surface area (Å²) in [5.41, 5.74) is 2.65. The molecule has 0 aromatic heterocycles. The zero-order valence-corrected chi connectivity index (χ0v) is 16.4. The van der Waals surface area contributed by atoms with Crippen LogP contribution in [-0.2, 0) is 11.3 Å². The number of halogens is 1. The number of aromatic hydroxyl groups is 1. The van der Waals surface area contributed by atoms with E-state index >= 15 is 0 Å². The molecule has 5 nitrogen and oxygen atoms in total. The van der Waals surface area contributed by atoms with E-state index in [0.717, 1.165) is 16.7 Å². The lowest BCUT2D eigenvalue weighted by molar-refractivity contribution is -0.122. The van der Waals surface area contributed by atoms with Gasteiger partial charge in [-0.1, -0.05) is 37.6 Å². The quantitative estimate of drug-likeness (QED) is 0.820. The van der Waals surface area contributed by atoms with Crippen molar-refractivity contribution in [1.82, 2.24) is 10.2 Å². The first kappa shape index (κ1) is 19.5. The molecular weight excluding hydrogens is 364 g/mol. The molecule has 1 aliphatic heterocycles. The summed E-state index contributed by atoms with van der Waals surface area (Å²) in [6.07, 6.45) is 0. The Morgan fingerprint density at radius 3 is 2.85 bits per heavy atom. The maximum atomic E-state index is 12.2. The first-order valence-corrected chi connectivity index (χ1v) is 9.54. The smallest absolute Gasteiger partial charge is 0.234 e. The summed E-state index contributed by atoms with van der Waals surface area (Å²) in [6.45, 7) is 6.68. The van der Waals surface area contributed by atoms with E-state index in [1.165, 1.54) is 0 Å². The normalized spacial score (nSPS) is 14.4. The summed E-state index contributed by atoms with van der Waals surface area (Å²) in [5.74, 6) is 1.01.